The number of halogens is 4. The highest BCUT2D eigenvalue weighted by atomic mass is 19.4. The second kappa shape index (κ2) is 8.38. The molecular formula is C25H26F4N4O3. The third kappa shape index (κ3) is 3.77. The summed E-state index contributed by atoms with van der Waals surface area (Å²) in [5, 5.41) is 22.9. The predicted octanol–water partition coefficient (Wildman–Crippen LogP) is 4.25. The van der Waals surface area contributed by atoms with Gasteiger partial charge in [0.1, 0.15) is 17.5 Å². The van der Waals surface area contributed by atoms with Gasteiger partial charge < -0.3 is 20.4 Å². The second-order valence-electron chi connectivity index (χ2n) is 9.59. The molecule has 0 aliphatic carbocycles. The summed E-state index contributed by atoms with van der Waals surface area (Å²) in [4.78, 5) is 23.2. The lowest BCUT2D eigenvalue weighted by molar-refractivity contribution is -0.278. The first-order valence-corrected chi connectivity index (χ1v) is 11.2. The number of nitrogens with one attached hydrogen (secondary N) is 1. The Labute approximate surface area is 204 Å². The minimum atomic E-state index is -5.30. The van der Waals surface area contributed by atoms with Crippen molar-refractivity contribution in [3.05, 3.63) is 58.7 Å². The Morgan fingerprint density at radius 2 is 1.86 bits per heavy atom. The van der Waals surface area contributed by atoms with E-state index in [9.17, 15) is 28.2 Å². The monoisotopic (exact) mass is 506 g/mol. The standard InChI is InChI=1S/C25H26F4N4O3/c1-12(14-7-6-8-16(20(14)26)24(36,11-34)25(27,28)29)30-21-15-9-19-17(10-18(15)31-13(2)32-21)23(3,4)22(35)33(19)5/h6-10,12,34,36H,11H2,1-5H3,(H,30,31,32)/t12-,24?/m1/s1. The fourth-order valence-electron chi connectivity index (χ4n) is 4.63. The zero-order chi connectivity index (χ0) is 26.8. The van der Waals surface area contributed by atoms with Crippen LogP contribution in [0.2, 0.25) is 0 Å². The van der Waals surface area contributed by atoms with E-state index in [1.54, 1.807) is 20.0 Å². The predicted molar refractivity (Wildman–Crippen MR) is 126 cm³/mol. The van der Waals surface area contributed by atoms with Crippen LogP contribution in [0.1, 0.15) is 49.3 Å². The van der Waals surface area contributed by atoms with Gasteiger partial charge in [-0.15, -0.1) is 0 Å². The van der Waals surface area contributed by atoms with Crippen LogP contribution < -0.4 is 10.2 Å². The molecule has 3 N–H and O–H groups in total. The van der Waals surface area contributed by atoms with Crippen LogP contribution in [-0.2, 0) is 15.8 Å². The van der Waals surface area contributed by atoms with E-state index >= 15 is 4.39 Å². The van der Waals surface area contributed by atoms with Gasteiger partial charge in [0.05, 0.1) is 23.6 Å². The van der Waals surface area contributed by atoms with Crippen molar-refractivity contribution in [1.82, 2.24) is 9.97 Å². The first-order valence-electron chi connectivity index (χ1n) is 11.2. The van der Waals surface area contributed by atoms with E-state index in [2.05, 4.69) is 15.3 Å². The molecule has 11 heteroatoms. The van der Waals surface area contributed by atoms with E-state index in [1.807, 2.05) is 19.9 Å². The van der Waals surface area contributed by atoms with Gasteiger partial charge in [0.25, 0.3) is 0 Å². The zero-order valence-electron chi connectivity index (χ0n) is 20.3. The number of aryl methyl sites for hydroxylation is 1. The average Bonchev–Trinajstić information content (AvgIpc) is 2.96. The number of fused-ring (bicyclic) bond motifs is 2. The molecule has 1 aliphatic heterocycles. The second-order valence-corrected chi connectivity index (χ2v) is 9.59. The summed E-state index contributed by atoms with van der Waals surface area (Å²) in [5.41, 5.74) is -3.72. The number of nitrogens with zero attached hydrogens (tertiary/aromatic N) is 3. The van der Waals surface area contributed by atoms with E-state index in [0.717, 1.165) is 11.6 Å². The van der Waals surface area contributed by atoms with Crippen LogP contribution in [0, 0.1) is 12.7 Å². The minimum absolute atomic E-state index is 0.0831. The molecule has 0 saturated heterocycles. The van der Waals surface area contributed by atoms with Crippen molar-refractivity contribution in [3.63, 3.8) is 0 Å². The summed E-state index contributed by atoms with van der Waals surface area (Å²) in [7, 11) is 1.66. The molecule has 1 unspecified atom stereocenters. The molecule has 0 bridgehead atoms. The van der Waals surface area contributed by atoms with Gasteiger partial charge in [0.2, 0.25) is 11.5 Å². The highest BCUT2D eigenvalue weighted by Crippen LogP contribution is 2.44. The third-order valence-corrected chi connectivity index (χ3v) is 6.79. The maximum atomic E-state index is 15.3. The number of likely N-dealkylation sites (N-methyl/N-ethyl adjacent to an activating group) is 1. The number of benzene rings is 2. The lowest BCUT2D eigenvalue weighted by Gasteiger charge is -2.30. The lowest BCUT2D eigenvalue weighted by Crippen LogP contribution is -2.46. The molecule has 0 fully saturated rings. The Bertz CT molecular complexity index is 1380. The van der Waals surface area contributed by atoms with Gasteiger partial charge in [-0.05, 0) is 45.4 Å². The number of aliphatic hydroxyl groups excluding tert-OH is 1. The number of aliphatic hydroxyl groups is 2. The number of carbonyl (C=O) groups is 1. The summed E-state index contributed by atoms with van der Waals surface area (Å²) >= 11 is 0. The molecule has 0 spiro atoms. The van der Waals surface area contributed by atoms with Gasteiger partial charge >= 0.3 is 6.18 Å². The van der Waals surface area contributed by atoms with Gasteiger partial charge in [0.15, 0.2) is 0 Å². The molecule has 192 valence electrons. The summed E-state index contributed by atoms with van der Waals surface area (Å²) < 4.78 is 55.7. The Balaban J connectivity index is 1.79. The smallest absolute Gasteiger partial charge is 0.393 e. The van der Waals surface area contributed by atoms with Crippen LogP contribution in [0.15, 0.2) is 30.3 Å². The molecule has 1 aromatic heterocycles. The zero-order valence-corrected chi connectivity index (χ0v) is 20.3. The number of hydrogen-bond acceptors (Lipinski definition) is 6. The fourth-order valence-corrected chi connectivity index (χ4v) is 4.63. The van der Waals surface area contributed by atoms with Crippen molar-refractivity contribution in [2.24, 2.45) is 0 Å². The topological polar surface area (TPSA) is 98.6 Å². The number of alkyl halides is 3. The first-order chi connectivity index (χ1) is 16.6. The van der Waals surface area contributed by atoms with E-state index in [1.165, 1.54) is 24.0 Å². The molecule has 7 nitrogen and oxygen atoms in total. The van der Waals surface area contributed by atoms with Gasteiger partial charge in [-0.1, -0.05) is 18.2 Å². The van der Waals surface area contributed by atoms with Crippen LogP contribution in [0.3, 0.4) is 0 Å². The summed E-state index contributed by atoms with van der Waals surface area (Å²) in [6.45, 7) is 5.11. The van der Waals surface area contributed by atoms with Crippen LogP contribution in [0.4, 0.5) is 29.1 Å². The Morgan fingerprint density at radius 3 is 2.47 bits per heavy atom. The van der Waals surface area contributed by atoms with E-state index in [-0.39, 0.29) is 11.5 Å². The SMILES string of the molecule is Cc1nc(N[C@H](C)c2cccc(C(O)(CO)C(F)(F)F)c2F)c2cc3c(cc2n1)C(C)(C)C(=O)N3C. The molecule has 2 aromatic carbocycles. The third-order valence-electron chi connectivity index (χ3n) is 6.79. The van der Waals surface area contributed by atoms with Crippen LogP contribution in [0.25, 0.3) is 10.9 Å². The van der Waals surface area contributed by atoms with Crippen LogP contribution in [-0.4, -0.2) is 45.9 Å². The molecule has 0 radical (unpaired) electrons. The van der Waals surface area contributed by atoms with Gasteiger partial charge in [-0.25, -0.2) is 14.4 Å². The Morgan fingerprint density at radius 1 is 1.19 bits per heavy atom. The average molecular weight is 507 g/mol. The van der Waals surface area contributed by atoms with Gasteiger partial charge in [-0.3, -0.25) is 4.79 Å². The number of hydrogen-bond donors (Lipinski definition) is 3. The van der Waals surface area contributed by atoms with Gasteiger partial charge in [0, 0.05) is 29.2 Å². The van der Waals surface area contributed by atoms with Crippen LogP contribution in [0.5, 0.6) is 0 Å². The van der Waals surface area contributed by atoms with Crippen molar-refractivity contribution < 1.29 is 32.6 Å². The normalized spacial score (nSPS) is 17.8. The van der Waals surface area contributed by atoms with E-state index < -0.39 is 41.2 Å². The number of carbonyl (C=O) groups excluding carboxylic acids is 1. The van der Waals surface area contributed by atoms with Crippen molar-refractivity contribution in [1.29, 1.82) is 0 Å². The first kappa shape index (κ1) is 25.8. The number of anilines is 2. The van der Waals surface area contributed by atoms with Crippen LogP contribution >= 0.6 is 0 Å². The summed E-state index contributed by atoms with van der Waals surface area (Å²) in [6.07, 6.45) is -5.30. The summed E-state index contributed by atoms with van der Waals surface area (Å²) in [6, 6.07) is 5.93. The largest absolute Gasteiger partial charge is 0.423 e. The molecule has 1 aliphatic rings. The molecule has 1 amide bonds. The molecule has 36 heavy (non-hydrogen) atoms. The highest BCUT2D eigenvalue weighted by Gasteiger charge is 2.56. The number of rotatable bonds is 5. The fraction of sp³-hybridized carbons (Fsp3) is 0.400. The quantitative estimate of drug-likeness (QED) is 0.448. The Kier molecular flexibility index (Phi) is 6.00. The van der Waals surface area contributed by atoms with Gasteiger partial charge in [-0.2, -0.15) is 13.2 Å². The van der Waals surface area contributed by atoms with Crippen molar-refractivity contribution in [2.45, 2.75) is 50.9 Å². The molecule has 3 aromatic rings. The minimum Gasteiger partial charge on any atom is -0.393 e. The number of amides is 1. The maximum absolute atomic E-state index is 15.3. The van der Waals surface area contributed by atoms with Crippen molar-refractivity contribution in [3.8, 4) is 0 Å². The molecular weight excluding hydrogens is 480 g/mol. The number of aromatic nitrogens is 2. The molecule has 2 atom stereocenters. The lowest BCUT2D eigenvalue weighted by atomic mass is 9.85. The molecule has 2 heterocycles. The molecule has 0 saturated carbocycles. The van der Waals surface area contributed by atoms with E-state index in [4.69, 9.17) is 0 Å². The highest BCUT2D eigenvalue weighted by molar-refractivity contribution is 6.10. The van der Waals surface area contributed by atoms with Crippen molar-refractivity contribution >= 4 is 28.3 Å². The Hall–Kier alpha value is -3.31. The maximum Gasteiger partial charge on any atom is 0.423 e. The van der Waals surface area contributed by atoms with E-state index in [0.29, 0.717) is 28.2 Å². The summed E-state index contributed by atoms with van der Waals surface area (Å²) in [5.74, 6) is -0.681. The van der Waals surface area contributed by atoms with Crippen molar-refractivity contribution in [2.75, 3.05) is 23.9 Å². The molecule has 4 rings (SSSR count).